The zero-order valence-corrected chi connectivity index (χ0v) is 13.8. The quantitative estimate of drug-likeness (QED) is 0.865. The number of aromatic amines is 1. The molecule has 1 fully saturated rings. The number of rotatable bonds is 1. The highest BCUT2D eigenvalue weighted by Crippen LogP contribution is 2.28. The van der Waals surface area contributed by atoms with Crippen LogP contribution in [0.4, 0.5) is 4.79 Å². The number of likely N-dealkylation sites (tertiary alicyclic amines) is 1. The van der Waals surface area contributed by atoms with Crippen LogP contribution < -0.4 is 0 Å². The Kier molecular flexibility index (Phi) is 3.77. The summed E-state index contributed by atoms with van der Waals surface area (Å²) in [6.07, 6.45) is 0.626. The van der Waals surface area contributed by atoms with Crippen molar-refractivity contribution >= 4 is 28.7 Å². The van der Waals surface area contributed by atoms with Gasteiger partial charge in [0.05, 0.1) is 11.0 Å². The van der Waals surface area contributed by atoms with Gasteiger partial charge >= 0.3 is 6.09 Å². The Morgan fingerprint density at radius 1 is 1.45 bits per heavy atom. The summed E-state index contributed by atoms with van der Waals surface area (Å²) in [6, 6.07) is 5.60. The van der Waals surface area contributed by atoms with E-state index in [1.807, 2.05) is 39.0 Å². The lowest BCUT2D eigenvalue weighted by molar-refractivity contribution is 0.0292. The third-order valence-electron chi connectivity index (χ3n) is 3.69. The predicted octanol–water partition coefficient (Wildman–Crippen LogP) is 3.94. The number of ether oxygens (including phenoxy) is 1. The number of fused-ring (bicyclic) bond motifs is 1. The van der Waals surface area contributed by atoms with Crippen LogP contribution in [0.2, 0.25) is 5.02 Å². The van der Waals surface area contributed by atoms with E-state index in [9.17, 15) is 4.79 Å². The van der Waals surface area contributed by atoms with Gasteiger partial charge < -0.3 is 14.6 Å². The molecule has 0 bridgehead atoms. The van der Waals surface area contributed by atoms with E-state index >= 15 is 0 Å². The van der Waals surface area contributed by atoms with E-state index in [2.05, 4.69) is 9.97 Å². The maximum absolute atomic E-state index is 12.1. The third-order valence-corrected chi connectivity index (χ3v) is 3.92. The van der Waals surface area contributed by atoms with E-state index in [0.29, 0.717) is 18.1 Å². The van der Waals surface area contributed by atoms with Crippen LogP contribution in [0, 0.1) is 0 Å². The van der Waals surface area contributed by atoms with E-state index in [4.69, 9.17) is 16.3 Å². The van der Waals surface area contributed by atoms with Crippen molar-refractivity contribution in [1.82, 2.24) is 14.9 Å². The molecule has 1 saturated heterocycles. The molecule has 1 amide bonds. The van der Waals surface area contributed by atoms with Crippen LogP contribution in [-0.4, -0.2) is 39.7 Å². The molecule has 1 N–H and O–H groups in total. The SMILES string of the molecule is CC(C)(C)OC(=O)N1CCC(c2nc3ccc(Cl)cc3[nH]2)C1. The molecule has 1 aromatic heterocycles. The molecule has 1 aliphatic heterocycles. The lowest BCUT2D eigenvalue weighted by Crippen LogP contribution is -2.35. The molecule has 1 atom stereocenters. The van der Waals surface area contributed by atoms with Crippen LogP contribution in [0.1, 0.15) is 38.9 Å². The molecular weight excluding hydrogens is 302 g/mol. The van der Waals surface area contributed by atoms with Gasteiger partial charge in [0, 0.05) is 24.0 Å². The number of imidazole rings is 1. The zero-order valence-electron chi connectivity index (χ0n) is 13.0. The maximum Gasteiger partial charge on any atom is 0.410 e. The lowest BCUT2D eigenvalue weighted by Gasteiger charge is -2.24. The lowest BCUT2D eigenvalue weighted by atomic mass is 10.1. The van der Waals surface area contributed by atoms with Gasteiger partial charge in [-0.15, -0.1) is 0 Å². The van der Waals surface area contributed by atoms with E-state index < -0.39 is 5.60 Å². The van der Waals surface area contributed by atoms with E-state index in [1.54, 1.807) is 4.90 Å². The molecule has 22 heavy (non-hydrogen) atoms. The molecule has 0 aliphatic carbocycles. The first-order valence-corrected chi connectivity index (χ1v) is 7.83. The summed E-state index contributed by atoms with van der Waals surface area (Å²) < 4.78 is 5.42. The number of halogens is 1. The Balaban J connectivity index is 1.72. The minimum atomic E-state index is -0.467. The number of aromatic nitrogens is 2. The van der Waals surface area contributed by atoms with Crippen molar-refractivity contribution < 1.29 is 9.53 Å². The van der Waals surface area contributed by atoms with Crippen molar-refractivity contribution in [3.63, 3.8) is 0 Å². The number of nitrogens with zero attached hydrogens (tertiary/aromatic N) is 2. The van der Waals surface area contributed by atoms with Crippen molar-refractivity contribution in [2.75, 3.05) is 13.1 Å². The molecule has 1 aromatic carbocycles. The van der Waals surface area contributed by atoms with Gasteiger partial charge in [-0.05, 0) is 45.4 Å². The number of hydrogen-bond donors (Lipinski definition) is 1. The summed E-state index contributed by atoms with van der Waals surface area (Å²) in [7, 11) is 0. The van der Waals surface area contributed by atoms with Crippen LogP contribution in [0.3, 0.4) is 0 Å². The first-order chi connectivity index (χ1) is 10.3. The average Bonchev–Trinajstić information content (AvgIpc) is 3.02. The summed E-state index contributed by atoms with van der Waals surface area (Å²) in [5.41, 5.74) is 1.36. The number of nitrogens with one attached hydrogen (secondary N) is 1. The largest absolute Gasteiger partial charge is 0.444 e. The molecule has 6 heteroatoms. The van der Waals surface area contributed by atoms with Crippen LogP contribution in [0.25, 0.3) is 11.0 Å². The summed E-state index contributed by atoms with van der Waals surface area (Å²) in [5, 5.41) is 0.685. The smallest absolute Gasteiger partial charge is 0.410 e. The van der Waals surface area contributed by atoms with E-state index in [1.165, 1.54) is 0 Å². The summed E-state index contributed by atoms with van der Waals surface area (Å²) in [6.45, 7) is 6.95. The standard InChI is InChI=1S/C16H20ClN3O2/c1-16(2,3)22-15(21)20-7-6-10(9-20)14-18-12-5-4-11(17)8-13(12)19-14/h4-5,8,10H,6-7,9H2,1-3H3,(H,18,19). The average molecular weight is 322 g/mol. The van der Waals surface area contributed by atoms with Gasteiger partial charge in [-0.25, -0.2) is 9.78 Å². The molecule has 2 heterocycles. The first-order valence-electron chi connectivity index (χ1n) is 7.45. The fraction of sp³-hybridized carbons (Fsp3) is 0.500. The van der Waals surface area contributed by atoms with Gasteiger partial charge in [0.2, 0.25) is 0 Å². The first kappa shape index (κ1) is 15.2. The summed E-state index contributed by atoms with van der Waals surface area (Å²) in [5.74, 6) is 1.11. The Morgan fingerprint density at radius 3 is 2.95 bits per heavy atom. The number of carbonyl (C=O) groups excluding carboxylic acids is 1. The van der Waals surface area contributed by atoms with E-state index in [0.717, 1.165) is 23.3 Å². The fourth-order valence-electron chi connectivity index (χ4n) is 2.67. The second kappa shape index (κ2) is 5.47. The van der Waals surface area contributed by atoms with Crippen LogP contribution in [-0.2, 0) is 4.74 Å². The highest BCUT2D eigenvalue weighted by molar-refractivity contribution is 6.31. The minimum Gasteiger partial charge on any atom is -0.444 e. The molecule has 3 rings (SSSR count). The summed E-state index contributed by atoms with van der Waals surface area (Å²) >= 11 is 6.00. The maximum atomic E-state index is 12.1. The van der Waals surface area contributed by atoms with E-state index in [-0.39, 0.29) is 12.0 Å². The highest BCUT2D eigenvalue weighted by Gasteiger charge is 2.32. The molecule has 118 valence electrons. The number of amides is 1. The predicted molar refractivity (Wildman–Crippen MR) is 86.3 cm³/mol. The van der Waals surface area contributed by atoms with Gasteiger partial charge in [0.25, 0.3) is 0 Å². The second-order valence-electron chi connectivity index (χ2n) is 6.70. The topological polar surface area (TPSA) is 58.2 Å². The highest BCUT2D eigenvalue weighted by atomic mass is 35.5. The molecule has 0 spiro atoms. The number of H-pyrrole nitrogens is 1. The Labute approximate surface area is 134 Å². The monoisotopic (exact) mass is 321 g/mol. The van der Waals surface area contributed by atoms with Gasteiger partial charge in [0.15, 0.2) is 0 Å². The Hall–Kier alpha value is -1.75. The second-order valence-corrected chi connectivity index (χ2v) is 7.13. The van der Waals surface area contributed by atoms with Crippen molar-refractivity contribution in [2.24, 2.45) is 0 Å². The van der Waals surface area contributed by atoms with Crippen molar-refractivity contribution in [2.45, 2.75) is 38.7 Å². The fourth-order valence-corrected chi connectivity index (χ4v) is 2.84. The zero-order chi connectivity index (χ0) is 15.9. The Morgan fingerprint density at radius 2 is 2.23 bits per heavy atom. The molecule has 0 saturated carbocycles. The van der Waals surface area contributed by atoms with Gasteiger partial charge in [-0.1, -0.05) is 11.6 Å². The minimum absolute atomic E-state index is 0.207. The normalized spacial score (nSPS) is 18.9. The Bertz CT molecular complexity index is 705. The molecule has 0 radical (unpaired) electrons. The molecule has 1 aliphatic rings. The van der Waals surface area contributed by atoms with Gasteiger partial charge in [-0.3, -0.25) is 0 Å². The van der Waals surface area contributed by atoms with Crippen LogP contribution >= 0.6 is 11.6 Å². The third kappa shape index (κ3) is 3.19. The van der Waals surface area contributed by atoms with Crippen molar-refractivity contribution in [3.05, 3.63) is 29.0 Å². The molecule has 1 unspecified atom stereocenters. The number of benzene rings is 1. The van der Waals surface area contributed by atoms with Crippen LogP contribution in [0.5, 0.6) is 0 Å². The van der Waals surface area contributed by atoms with Crippen LogP contribution in [0.15, 0.2) is 18.2 Å². The van der Waals surface area contributed by atoms with Crippen molar-refractivity contribution in [3.8, 4) is 0 Å². The number of carbonyl (C=O) groups is 1. The molecular formula is C16H20ClN3O2. The number of hydrogen-bond acceptors (Lipinski definition) is 3. The summed E-state index contributed by atoms with van der Waals surface area (Å²) in [4.78, 5) is 21.8. The molecule has 5 nitrogen and oxygen atoms in total. The van der Waals surface area contributed by atoms with Gasteiger partial charge in [0.1, 0.15) is 11.4 Å². The molecule has 2 aromatic rings. The van der Waals surface area contributed by atoms with Gasteiger partial charge in [-0.2, -0.15) is 0 Å². The van der Waals surface area contributed by atoms with Crippen molar-refractivity contribution in [1.29, 1.82) is 0 Å².